The van der Waals surface area contributed by atoms with Crippen LogP contribution in [-0.2, 0) is 0 Å². The van der Waals surface area contributed by atoms with Gasteiger partial charge >= 0.3 is 0 Å². The zero-order valence-corrected chi connectivity index (χ0v) is 9.43. The molecular formula is C13H17NO2. The first-order valence-corrected chi connectivity index (χ1v) is 5.69. The summed E-state index contributed by atoms with van der Waals surface area (Å²) in [7, 11) is 0. The summed E-state index contributed by atoms with van der Waals surface area (Å²) in [4.78, 5) is 1.85. The van der Waals surface area contributed by atoms with Gasteiger partial charge in [-0.15, -0.1) is 0 Å². The van der Waals surface area contributed by atoms with Crippen LogP contribution in [0.1, 0.15) is 31.4 Å². The number of anilines is 1. The van der Waals surface area contributed by atoms with Crippen molar-refractivity contribution in [1.29, 1.82) is 0 Å². The summed E-state index contributed by atoms with van der Waals surface area (Å²) in [5.41, 5.74) is 1.76. The smallest absolute Gasteiger partial charge is 0.190 e. The topological polar surface area (TPSA) is 43.7 Å². The normalized spacial score (nSPS) is 19.2. The lowest BCUT2D eigenvalue weighted by Gasteiger charge is -2.31. The van der Waals surface area contributed by atoms with E-state index in [-0.39, 0.29) is 5.88 Å². The van der Waals surface area contributed by atoms with Crippen LogP contribution in [0.15, 0.2) is 36.2 Å². The number of para-hydroxylation sites is 1. The Morgan fingerprint density at radius 2 is 2.06 bits per heavy atom. The number of nitrogens with zero attached hydrogens (tertiary/aromatic N) is 1. The first kappa shape index (κ1) is 11.0. The Hall–Kier alpha value is -1.48. The minimum Gasteiger partial charge on any atom is -0.495 e. The van der Waals surface area contributed by atoms with Crippen LogP contribution in [0.25, 0.3) is 0 Å². The molecule has 0 bridgehead atoms. The van der Waals surface area contributed by atoms with Crippen LogP contribution in [0.2, 0.25) is 0 Å². The molecule has 0 saturated carbocycles. The second kappa shape index (κ2) is 4.58. The summed E-state index contributed by atoms with van der Waals surface area (Å²) in [5.74, 6) is 0.152. The van der Waals surface area contributed by atoms with Gasteiger partial charge in [0.25, 0.3) is 0 Å². The Kier molecular flexibility index (Phi) is 3.15. The Bertz CT molecular complexity index is 401. The fourth-order valence-electron chi connectivity index (χ4n) is 1.98. The van der Waals surface area contributed by atoms with Gasteiger partial charge in [-0.25, -0.2) is 0 Å². The van der Waals surface area contributed by atoms with Gasteiger partial charge in [0.15, 0.2) is 5.88 Å². The summed E-state index contributed by atoms with van der Waals surface area (Å²) >= 11 is 0. The van der Waals surface area contributed by atoms with Crippen LogP contribution in [-0.4, -0.2) is 16.8 Å². The Morgan fingerprint density at radius 3 is 2.81 bits per heavy atom. The number of hydrogen-bond donors (Lipinski definition) is 2. The number of fused-ring (bicyclic) bond motifs is 1. The SMILES string of the molecule is CCCCN1C(O)=CC(O)c2ccccc21. The molecule has 1 atom stereocenters. The second-order valence-electron chi connectivity index (χ2n) is 4.03. The number of aliphatic hydroxyl groups excluding tert-OH is 2. The van der Waals surface area contributed by atoms with E-state index in [0.29, 0.717) is 0 Å². The number of benzene rings is 1. The monoisotopic (exact) mass is 219 g/mol. The van der Waals surface area contributed by atoms with Crippen molar-refractivity contribution in [2.75, 3.05) is 11.4 Å². The van der Waals surface area contributed by atoms with Gasteiger partial charge in [-0.1, -0.05) is 31.5 Å². The van der Waals surface area contributed by atoms with Crippen LogP contribution < -0.4 is 4.90 Å². The van der Waals surface area contributed by atoms with E-state index < -0.39 is 6.10 Å². The highest BCUT2D eigenvalue weighted by molar-refractivity contribution is 5.61. The van der Waals surface area contributed by atoms with Crippen molar-refractivity contribution in [3.63, 3.8) is 0 Å². The van der Waals surface area contributed by atoms with Crippen LogP contribution in [0.4, 0.5) is 5.69 Å². The maximum Gasteiger partial charge on any atom is 0.190 e. The summed E-state index contributed by atoms with van der Waals surface area (Å²) in [6.07, 6.45) is 2.88. The largest absolute Gasteiger partial charge is 0.495 e. The van der Waals surface area contributed by atoms with E-state index in [0.717, 1.165) is 30.6 Å². The molecule has 86 valence electrons. The highest BCUT2D eigenvalue weighted by Gasteiger charge is 2.23. The molecule has 16 heavy (non-hydrogen) atoms. The van der Waals surface area contributed by atoms with Gasteiger partial charge < -0.3 is 15.1 Å². The predicted molar refractivity (Wildman–Crippen MR) is 64.4 cm³/mol. The molecule has 1 aliphatic heterocycles. The zero-order chi connectivity index (χ0) is 11.5. The molecule has 3 nitrogen and oxygen atoms in total. The first-order chi connectivity index (χ1) is 7.74. The fraction of sp³-hybridized carbons (Fsp3) is 0.385. The molecule has 0 amide bonds. The summed E-state index contributed by atoms with van der Waals surface area (Å²) in [6.45, 7) is 2.90. The van der Waals surface area contributed by atoms with Crippen LogP contribution in [0.5, 0.6) is 0 Å². The van der Waals surface area contributed by atoms with Gasteiger partial charge in [-0.2, -0.15) is 0 Å². The van der Waals surface area contributed by atoms with E-state index in [9.17, 15) is 10.2 Å². The van der Waals surface area contributed by atoms with E-state index in [1.807, 2.05) is 29.2 Å². The lowest BCUT2D eigenvalue weighted by atomic mass is 10.0. The van der Waals surface area contributed by atoms with E-state index in [4.69, 9.17) is 0 Å². The molecule has 0 fully saturated rings. The molecule has 1 aliphatic rings. The maximum absolute atomic E-state index is 9.84. The van der Waals surface area contributed by atoms with Gasteiger partial charge in [0, 0.05) is 23.9 Å². The summed E-state index contributed by atoms with van der Waals surface area (Å²) < 4.78 is 0. The minimum absolute atomic E-state index is 0.152. The molecule has 2 rings (SSSR count). The molecule has 0 aliphatic carbocycles. The molecule has 0 radical (unpaired) electrons. The highest BCUT2D eigenvalue weighted by Crippen LogP contribution is 2.34. The van der Waals surface area contributed by atoms with Crippen LogP contribution in [0.3, 0.4) is 0 Å². The lowest BCUT2D eigenvalue weighted by Crippen LogP contribution is -2.28. The third-order valence-corrected chi connectivity index (χ3v) is 2.86. The van der Waals surface area contributed by atoms with Gasteiger partial charge in [-0.3, -0.25) is 0 Å². The van der Waals surface area contributed by atoms with Crippen molar-refractivity contribution in [3.05, 3.63) is 41.8 Å². The summed E-state index contributed by atoms with van der Waals surface area (Å²) in [6, 6.07) is 7.64. The summed E-state index contributed by atoms with van der Waals surface area (Å²) in [5, 5.41) is 19.7. The van der Waals surface area contributed by atoms with E-state index in [2.05, 4.69) is 6.92 Å². The second-order valence-corrected chi connectivity index (χ2v) is 4.03. The fourth-order valence-corrected chi connectivity index (χ4v) is 1.98. The molecule has 0 aromatic heterocycles. The molecule has 1 heterocycles. The zero-order valence-electron chi connectivity index (χ0n) is 9.43. The van der Waals surface area contributed by atoms with E-state index >= 15 is 0 Å². The highest BCUT2D eigenvalue weighted by atomic mass is 16.3. The predicted octanol–water partition coefficient (Wildman–Crippen LogP) is 2.74. The van der Waals surface area contributed by atoms with Crippen molar-refractivity contribution in [2.24, 2.45) is 0 Å². The number of aliphatic hydroxyl groups is 2. The maximum atomic E-state index is 9.84. The first-order valence-electron chi connectivity index (χ1n) is 5.69. The Balaban J connectivity index is 2.33. The minimum atomic E-state index is -0.700. The van der Waals surface area contributed by atoms with Crippen LogP contribution in [0, 0.1) is 0 Å². The average molecular weight is 219 g/mol. The molecular weight excluding hydrogens is 202 g/mol. The molecule has 1 aromatic carbocycles. The van der Waals surface area contributed by atoms with Crippen LogP contribution >= 0.6 is 0 Å². The van der Waals surface area contributed by atoms with Gasteiger partial charge in [0.1, 0.15) is 6.10 Å². The molecule has 0 saturated heterocycles. The number of unbranched alkanes of at least 4 members (excludes halogenated alkanes) is 1. The molecule has 3 heteroatoms. The van der Waals surface area contributed by atoms with Gasteiger partial charge in [-0.05, 0) is 12.5 Å². The van der Waals surface area contributed by atoms with Gasteiger partial charge in [0.05, 0.1) is 0 Å². The molecule has 1 unspecified atom stereocenters. The van der Waals surface area contributed by atoms with Crippen molar-refractivity contribution in [2.45, 2.75) is 25.9 Å². The number of hydrogen-bond acceptors (Lipinski definition) is 3. The molecule has 2 N–H and O–H groups in total. The number of rotatable bonds is 3. The van der Waals surface area contributed by atoms with Crippen molar-refractivity contribution in [3.8, 4) is 0 Å². The van der Waals surface area contributed by atoms with E-state index in [1.165, 1.54) is 6.08 Å². The third kappa shape index (κ3) is 1.91. The molecule has 0 spiro atoms. The quantitative estimate of drug-likeness (QED) is 0.821. The van der Waals surface area contributed by atoms with Crippen molar-refractivity contribution >= 4 is 5.69 Å². The van der Waals surface area contributed by atoms with Crippen molar-refractivity contribution in [1.82, 2.24) is 0 Å². The Morgan fingerprint density at radius 1 is 1.31 bits per heavy atom. The lowest BCUT2D eigenvalue weighted by molar-refractivity contribution is 0.216. The third-order valence-electron chi connectivity index (χ3n) is 2.86. The van der Waals surface area contributed by atoms with Gasteiger partial charge in [0.2, 0.25) is 0 Å². The standard InChI is InChI=1S/C13H17NO2/c1-2-3-8-14-11-7-5-4-6-10(11)12(15)9-13(14)16/h4-7,9,12,15-16H,2-3,8H2,1H3. The van der Waals surface area contributed by atoms with Crippen molar-refractivity contribution < 1.29 is 10.2 Å². The molecule has 1 aromatic rings. The Labute approximate surface area is 95.6 Å². The van der Waals surface area contributed by atoms with E-state index in [1.54, 1.807) is 0 Å². The average Bonchev–Trinajstić information content (AvgIpc) is 2.29.